The van der Waals surface area contributed by atoms with Crippen molar-refractivity contribution in [2.75, 3.05) is 26.7 Å². The van der Waals surface area contributed by atoms with Crippen molar-refractivity contribution in [3.05, 3.63) is 53.3 Å². The van der Waals surface area contributed by atoms with E-state index in [1.807, 2.05) is 29.9 Å². The van der Waals surface area contributed by atoms with Crippen molar-refractivity contribution < 1.29 is 4.79 Å². The molecule has 0 radical (unpaired) electrons. The van der Waals surface area contributed by atoms with Crippen LogP contribution in [0.3, 0.4) is 0 Å². The minimum atomic E-state index is 0.272. The van der Waals surface area contributed by atoms with Crippen LogP contribution < -0.4 is 5.32 Å². The predicted octanol–water partition coefficient (Wildman–Crippen LogP) is 2.18. The summed E-state index contributed by atoms with van der Waals surface area (Å²) in [5, 5.41) is 7.81. The van der Waals surface area contributed by atoms with Crippen molar-refractivity contribution in [2.24, 2.45) is 18.0 Å². The van der Waals surface area contributed by atoms with Gasteiger partial charge in [0.1, 0.15) is 0 Å². The highest BCUT2D eigenvalue weighted by Crippen LogP contribution is 2.21. The molecule has 1 atom stereocenters. The van der Waals surface area contributed by atoms with Gasteiger partial charge in [-0.15, -0.1) is 0 Å². The van der Waals surface area contributed by atoms with Crippen LogP contribution in [0.5, 0.6) is 0 Å². The van der Waals surface area contributed by atoms with Crippen LogP contribution in [0.2, 0.25) is 0 Å². The molecule has 2 aliphatic rings. The number of carbonyl (C=O) groups excluding carboxylic acids is 1. The van der Waals surface area contributed by atoms with Gasteiger partial charge in [0, 0.05) is 59.4 Å². The van der Waals surface area contributed by atoms with Crippen molar-refractivity contribution in [2.45, 2.75) is 38.8 Å². The first-order valence-electron chi connectivity index (χ1n) is 10.9. The van der Waals surface area contributed by atoms with Crippen molar-refractivity contribution in [3.63, 3.8) is 0 Å². The van der Waals surface area contributed by atoms with Crippen molar-refractivity contribution in [1.29, 1.82) is 0 Å². The Hall–Kier alpha value is -2.83. The zero-order valence-corrected chi connectivity index (χ0v) is 18.0. The molecule has 2 saturated heterocycles. The molecule has 1 N–H and O–H groups in total. The molecule has 160 valence electrons. The van der Waals surface area contributed by atoms with Crippen LogP contribution in [0.4, 0.5) is 0 Å². The monoisotopic (exact) mass is 408 g/mol. The van der Waals surface area contributed by atoms with Gasteiger partial charge in [-0.1, -0.05) is 24.3 Å². The molecule has 7 heteroatoms. The van der Waals surface area contributed by atoms with E-state index < -0.39 is 0 Å². The van der Waals surface area contributed by atoms with E-state index in [0.717, 1.165) is 45.0 Å². The summed E-state index contributed by atoms with van der Waals surface area (Å²) in [5.74, 6) is 1.87. The Balaban J connectivity index is 1.29. The lowest BCUT2D eigenvalue weighted by Crippen LogP contribution is -2.39. The number of aliphatic imine (C=N–C) groups is 1. The number of likely N-dealkylation sites (tertiary alicyclic amines) is 2. The number of guanidine groups is 1. The van der Waals surface area contributed by atoms with Gasteiger partial charge >= 0.3 is 0 Å². The molecule has 2 fully saturated rings. The normalized spacial score (nSPS) is 19.7. The molecule has 0 spiro atoms. The maximum Gasteiger partial charge on any atom is 0.222 e. The van der Waals surface area contributed by atoms with Crippen LogP contribution >= 0.6 is 0 Å². The fourth-order valence-corrected chi connectivity index (χ4v) is 4.55. The fourth-order valence-electron chi connectivity index (χ4n) is 4.55. The molecule has 1 unspecified atom stereocenters. The van der Waals surface area contributed by atoms with E-state index in [1.165, 1.54) is 23.1 Å². The smallest absolute Gasteiger partial charge is 0.222 e. The van der Waals surface area contributed by atoms with E-state index in [-0.39, 0.29) is 5.91 Å². The van der Waals surface area contributed by atoms with E-state index in [1.54, 1.807) is 0 Å². The standard InChI is InChI=1S/C23H32N6O/c1-24-23(29-10-8-20(17-29)12-21-14-26-27(2)15-21)25-13-18-5-3-6-19(11-18)16-28-9-4-7-22(28)30/h3,5-6,11,14-15,20H,4,7-10,12-13,16-17H2,1-2H3,(H,24,25). The topological polar surface area (TPSA) is 65.8 Å². The molecule has 1 aromatic heterocycles. The molecule has 3 heterocycles. The van der Waals surface area contributed by atoms with Gasteiger partial charge in [-0.2, -0.15) is 5.10 Å². The number of benzene rings is 1. The van der Waals surface area contributed by atoms with Gasteiger partial charge in [-0.05, 0) is 41.9 Å². The van der Waals surface area contributed by atoms with E-state index in [2.05, 4.69) is 50.8 Å². The van der Waals surface area contributed by atoms with Gasteiger partial charge in [0.25, 0.3) is 0 Å². The molecule has 7 nitrogen and oxygen atoms in total. The Kier molecular flexibility index (Phi) is 6.35. The lowest BCUT2D eigenvalue weighted by Gasteiger charge is -2.22. The van der Waals surface area contributed by atoms with Crippen molar-refractivity contribution in [1.82, 2.24) is 24.9 Å². The highest BCUT2D eigenvalue weighted by Gasteiger charge is 2.25. The van der Waals surface area contributed by atoms with Crippen LogP contribution in [0.25, 0.3) is 0 Å². The quantitative estimate of drug-likeness (QED) is 0.588. The molecule has 0 bridgehead atoms. The van der Waals surface area contributed by atoms with Crippen LogP contribution in [0.15, 0.2) is 41.7 Å². The summed E-state index contributed by atoms with van der Waals surface area (Å²) >= 11 is 0. The minimum Gasteiger partial charge on any atom is -0.352 e. The molecular formula is C23H32N6O. The average molecular weight is 409 g/mol. The first-order chi connectivity index (χ1) is 14.6. The van der Waals surface area contributed by atoms with Gasteiger partial charge in [0.2, 0.25) is 5.91 Å². The number of rotatable bonds is 6. The zero-order chi connectivity index (χ0) is 20.9. The van der Waals surface area contributed by atoms with Gasteiger partial charge in [-0.25, -0.2) is 0 Å². The van der Waals surface area contributed by atoms with Crippen LogP contribution in [-0.4, -0.2) is 58.1 Å². The maximum atomic E-state index is 11.9. The minimum absolute atomic E-state index is 0.272. The van der Waals surface area contributed by atoms with Crippen LogP contribution in [0.1, 0.15) is 36.0 Å². The van der Waals surface area contributed by atoms with E-state index in [9.17, 15) is 4.79 Å². The number of hydrogen-bond donors (Lipinski definition) is 1. The SMILES string of the molecule is CN=C(NCc1cccc(CN2CCCC2=O)c1)N1CCC(Cc2cnn(C)c2)C1. The summed E-state index contributed by atoms with van der Waals surface area (Å²) < 4.78 is 1.87. The van der Waals surface area contributed by atoms with Crippen molar-refractivity contribution in [3.8, 4) is 0 Å². The Bertz CT molecular complexity index is 905. The van der Waals surface area contributed by atoms with Crippen LogP contribution in [0, 0.1) is 5.92 Å². The molecule has 2 aliphatic heterocycles. The lowest BCUT2D eigenvalue weighted by atomic mass is 10.0. The summed E-state index contributed by atoms with van der Waals surface area (Å²) in [6.45, 7) is 4.37. The number of hydrogen-bond acceptors (Lipinski definition) is 3. The first kappa shape index (κ1) is 20.4. The summed E-state index contributed by atoms with van der Waals surface area (Å²) in [6, 6.07) is 8.51. The summed E-state index contributed by atoms with van der Waals surface area (Å²) in [7, 11) is 3.82. The third-order valence-electron chi connectivity index (χ3n) is 6.07. The number of aryl methyl sites for hydroxylation is 1. The fraction of sp³-hybridized carbons (Fsp3) is 0.522. The summed E-state index contributed by atoms with van der Waals surface area (Å²) in [6.07, 6.45) is 7.99. The van der Waals surface area contributed by atoms with Crippen molar-refractivity contribution >= 4 is 11.9 Å². The lowest BCUT2D eigenvalue weighted by molar-refractivity contribution is -0.128. The Morgan fingerprint density at radius 3 is 2.87 bits per heavy atom. The Labute approximate surface area is 178 Å². The summed E-state index contributed by atoms with van der Waals surface area (Å²) in [4.78, 5) is 20.7. The maximum absolute atomic E-state index is 11.9. The second kappa shape index (κ2) is 9.32. The van der Waals surface area contributed by atoms with Gasteiger partial charge in [-0.3, -0.25) is 14.5 Å². The van der Waals surface area contributed by atoms with E-state index in [0.29, 0.717) is 18.9 Å². The molecular weight excluding hydrogens is 376 g/mol. The first-order valence-corrected chi connectivity index (χ1v) is 10.9. The van der Waals surface area contributed by atoms with Gasteiger partial charge < -0.3 is 15.1 Å². The summed E-state index contributed by atoms with van der Waals surface area (Å²) in [5.41, 5.74) is 3.71. The Morgan fingerprint density at radius 2 is 2.13 bits per heavy atom. The van der Waals surface area contributed by atoms with Gasteiger partial charge in [0.05, 0.1) is 6.20 Å². The number of amides is 1. The zero-order valence-electron chi connectivity index (χ0n) is 18.0. The molecule has 4 rings (SSSR count). The number of nitrogens with zero attached hydrogens (tertiary/aromatic N) is 5. The molecule has 1 amide bonds. The number of nitrogens with one attached hydrogen (secondary N) is 1. The van der Waals surface area contributed by atoms with E-state index >= 15 is 0 Å². The third kappa shape index (κ3) is 5.01. The average Bonchev–Trinajstić information content (AvgIpc) is 3.46. The highest BCUT2D eigenvalue weighted by molar-refractivity contribution is 5.80. The molecule has 30 heavy (non-hydrogen) atoms. The van der Waals surface area contributed by atoms with E-state index in [4.69, 9.17) is 0 Å². The molecule has 2 aromatic rings. The molecule has 0 aliphatic carbocycles. The second-order valence-electron chi connectivity index (χ2n) is 8.47. The number of aromatic nitrogens is 2. The third-order valence-corrected chi connectivity index (χ3v) is 6.07. The number of carbonyl (C=O) groups is 1. The highest BCUT2D eigenvalue weighted by atomic mass is 16.2. The molecule has 0 saturated carbocycles. The van der Waals surface area contributed by atoms with Gasteiger partial charge in [0.15, 0.2) is 5.96 Å². The largest absolute Gasteiger partial charge is 0.352 e. The predicted molar refractivity (Wildman–Crippen MR) is 118 cm³/mol. The Morgan fingerprint density at radius 1 is 1.27 bits per heavy atom. The van der Waals surface area contributed by atoms with Crippen LogP contribution in [-0.2, 0) is 31.4 Å². The second-order valence-corrected chi connectivity index (χ2v) is 8.47. The molecule has 1 aromatic carbocycles.